The number of anilines is 2. The van der Waals surface area contributed by atoms with Gasteiger partial charge in [-0.25, -0.2) is 8.42 Å². The summed E-state index contributed by atoms with van der Waals surface area (Å²) in [5, 5.41) is 1.84. The summed E-state index contributed by atoms with van der Waals surface area (Å²) in [6, 6.07) is 11.8. The van der Waals surface area contributed by atoms with Crippen LogP contribution in [0, 0.1) is 5.92 Å². The number of ether oxygens (including phenoxy) is 1. The second-order valence-corrected chi connectivity index (χ2v) is 10.5. The first kappa shape index (κ1) is 21.4. The molecule has 0 bridgehead atoms. The number of rotatable bonds is 7. The van der Waals surface area contributed by atoms with Gasteiger partial charge in [0.25, 0.3) is 0 Å². The second-order valence-electron chi connectivity index (χ2n) is 8.14. The third-order valence-electron chi connectivity index (χ3n) is 5.84. The van der Waals surface area contributed by atoms with Crippen molar-refractivity contribution in [2.45, 2.75) is 42.8 Å². The number of nitrogens with zero attached hydrogens (tertiary/aromatic N) is 1. The van der Waals surface area contributed by atoms with Gasteiger partial charge in [0.15, 0.2) is 9.84 Å². The van der Waals surface area contributed by atoms with Gasteiger partial charge in [-0.15, -0.1) is 0 Å². The topological polar surface area (TPSA) is 92.8 Å². The molecule has 2 aromatic rings. The molecule has 1 atom stereocenters. The van der Waals surface area contributed by atoms with E-state index in [2.05, 4.69) is 5.32 Å². The molecular weight excluding hydrogens is 416 g/mol. The van der Waals surface area contributed by atoms with Crippen LogP contribution in [-0.4, -0.2) is 39.1 Å². The van der Waals surface area contributed by atoms with Gasteiger partial charge in [0.2, 0.25) is 11.8 Å². The third kappa shape index (κ3) is 4.44. The number of nitrogens with one attached hydrogen (secondary N) is 1. The van der Waals surface area contributed by atoms with Crippen LogP contribution in [0.5, 0.6) is 5.75 Å². The molecule has 2 amide bonds. The fraction of sp³-hybridized carbons (Fsp3) is 0.391. The highest BCUT2D eigenvalue weighted by Crippen LogP contribution is 2.37. The molecule has 1 aliphatic carbocycles. The van der Waals surface area contributed by atoms with Crippen LogP contribution in [0.1, 0.15) is 31.7 Å². The second kappa shape index (κ2) is 8.34. The predicted octanol–water partition coefficient (Wildman–Crippen LogP) is 3.19. The molecular formula is C23H26N2O5S. The Morgan fingerprint density at radius 1 is 1.16 bits per heavy atom. The molecule has 0 spiro atoms. The van der Waals surface area contributed by atoms with Crippen molar-refractivity contribution in [3.05, 3.63) is 48.0 Å². The Bertz CT molecular complexity index is 1110. The summed E-state index contributed by atoms with van der Waals surface area (Å²) >= 11 is 0. The van der Waals surface area contributed by atoms with Crippen LogP contribution >= 0.6 is 0 Å². The summed E-state index contributed by atoms with van der Waals surface area (Å²) < 4.78 is 31.2. The molecule has 1 unspecified atom stereocenters. The Balaban J connectivity index is 1.43. The lowest BCUT2D eigenvalue weighted by atomic mass is 10.2. The number of fused-ring (bicyclic) bond motifs is 1. The molecule has 8 heteroatoms. The van der Waals surface area contributed by atoms with Crippen molar-refractivity contribution < 1.29 is 22.7 Å². The van der Waals surface area contributed by atoms with Crippen LogP contribution in [0.2, 0.25) is 0 Å². The third-order valence-corrected chi connectivity index (χ3v) is 7.98. The van der Waals surface area contributed by atoms with E-state index >= 15 is 0 Å². The molecule has 7 nitrogen and oxygen atoms in total. The number of hydrogen-bond acceptors (Lipinski definition) is 5. The highest BCUT2D eigenvalue weighted by molar-refractivity contribution is 7.92. The molecule has 0 saturated heterocycles. The maximum Gasteiger partial charge on any atom is 0.230 e. The lowest BCUT2D eigenvalue weighted by Gasteiger charge is -2.18. The summed E-state index contributed by atoms with van der Waals surface area (Å²) in [5.74, 6) is 0.558. The number of amides is 2. The van der Waals surface area contributed by atoms with Crippen molar-refractivity contribution >= 4 is 33.0 Å². The average Bonchev–Trinajstić information content (AvgIpc) is 3.52. The fourth-order valence-electron chi connectivity index (χ4n) is 3.82. The molecule has 1 aliphatic heterocycles. The Labute approximate surface area is 182 Å². The zero-order valence-corrected chi connectivity index (χ0v) is 18.4. The van der Waals surface area contributed by atoms with Crippen molar-refractivity contribution in [3.8, 4) is 5.75 Å². The first-order valence-electron chi connectivity index (χ1n) is 10.4. The molecule has 2 aliphatic rings. The number of carbonyl (C=O) groups is 2. The van der Waals surface area contributed by atoms with Crippen molar-refractivity contribution in [2.24, 2.45) is 5.92 Å². The number of methoxy groups -OCH3 is 1. The molecule has 4 rings (SSSR count). The Morgan fingerprint density at radius 2 is 1.87 bits per heavy atom. The van der Waals surface area contributed by atoms with Gasteiger partial charge < -0.3 is 15.0 Å². The molecule has 31 heavy (non-hydrogen) atoms. The van der Waals surface area contributed by atoms with E-state index < -0.39 is 15.1 Å². The van der Waals surface area contributed by atoms with Crippen LogP contribution in [0.4, 0.5) is 11.4 Å². The zero-order chi connectivity index (χ0) is 22.2. The molecule has 0 radical (unpaired) electrons. The van der Waals surface area contributed by atoms with E-state index in [1.165, 1.54) is 0 Å². The summed E-state index contributed by atoms with van der Waals surface area (Å²) in [6.07, 6.45) is 2.36. The normalized spacial score (nSPS) is 16.5. The molecule has 1 saturated carbocycles. The summed E-state index contributed by atoms with van der Waals surface area (Å²) in [4.78, 5) is 26.8. The van der Waals surface area contributed by atoms with E-state index in [1.807, 2.05) is 0 Å². The van der Waals surface area contributed by atoms with Crippen LogP contribution in [0.15, 0.2) is 47.4 Å². The lowest BCUT2D eigenvalue weighted by molar-refractivity contribution is -0.119. The average molecular weight is 443 g/mol. The van der Waals surface area contributed by atoms with Crippen LogP contribution in [-0.2, 0) is 25.8 Å². The van der Waals surface area contributed by atoms with Gasteiger partial charge in [0, 0.05) is 30.3 Å². The minimum absolute atomic E-state index is 0.124. The van der Waals surface area contributed by atoms with Crippen LogP contribution in [0.3, 0.4) is 0 Å². The fourth-order valence-corrected chi connectivity index (χ4v) is 5.22. The van der Waals surface area contributed by atoms with Crippen LogP contribution < -0.4 is 15.0 Å². The van der Waals surface area contributed by atoms with Gasteiger partial charge in [-0.1, -0.05) is 0 Å². The molecule has 1 N–H and O–H groups in total. The smallest absolute Gasteiger partial charge is 0.230 e. The van der Waals surface area contributed by atoms with Gasteiger partial charge in [0.05, 0.1) is 17.3 Å². The molecule has 2 aromatic carbocycles. The molecule has 164 valence electrons. The standard InChI is InChI=1S/C23H26N2O5S/c1-15(13-22(26)24-18-5-7-19(30-2)8-6-18)31(28,29)20-9-10-21-17(14-20)11-12-25(21)23(27)16-3-4-16/h5-10,14-16H,3-4,11-13H2,1-2H3,(H,24,26). The Kier molecular flexibility index (Phi) is 5.75. The summed E-state index contributed by atoms with van der Waals surface area (Å²) in [6.45, 7) is 2.13. The van der Waals surface area contributed by atoms with Gasteiger partial charge >= 0.3 is 0 Å². The maximum atomic E-state index is 13.1. The lowest BCUT2D eigenvalue weighted by Crippen LogP contribution is -2.30. The van der Waals surface area contributed by atoms with Gasteiger partial charge in [0.1, 0.15) is 5.75 Å². The van der Waals surface area contributed by atoms with Gasteiger partial charge in [-0.05, 0) is 74.2 Å². The minimum atomic E-state index is -3.68. The Hall–Kier alpha value is -2.87. The highest BCUT2D eigenvalue weighted by atomic mass is 32.2. The van der Waals surface area contributed by atoms with Crippen molar-refractivity contribution in [3.63, 3.8) is 0 Å². The van der Waals surface area contributed by atoms with E-state index in [0.29, 0.717) is 24.4 Å². The maximum absolute atomic E-state index is 13.1. The summed E-state index contributed by atoms with van der Waals surface area (Å²) in [7, 11) is -2.13. The Morgan fingerprint density at radius 3 is 2.52 bits per heavy atom. The van der Waals surface area contributed by atoms with E-state index in [-0.39, 0.29) is 29.0 Å². The number of carbonyl (C=O) groups excluding carboxylic acids is 2. The van der Waals surface area contributed by atoms with Crippen molar-refractivity contribution in [2.75, 3.05) is 23.9 Å². The van der Waals surface area contributed by atoms with E-state index in [0.717, 1.165) is 24.1 Å². The van der Waals surface area contributed by atoms with E-state index in [4.69, 9.17) is 4.74 Å². The number of hydrogen-bond donors (Lipinski definition) is 1. The highest BCUT2D eigenvalue weighted by Gasteiger charge is 2.37. The van der Waals surface area contributed by atoms with Crippen molar-refractivity contribution in [1.82, 2.24) is 0 Å². The predicted molar refractivity (Wildman–Crippen MR) is 118 cm³/mol. The quantitative estimate of drug-likeness (QED) is 0.711. The molecule has 1 fully saturated rings. The first-order valence-corrected chi connectivity index (χ1v) is 12.0. The molecule has 0 aromatic heterocycles. The zero-order valence-electron chi connectivity index (χ0n) is 17.6. The first-order chi connectivity index (χ1) is 14.8. The SMILES string of the molecule is COc1ccc(NC(=O)CC(C)S(=O)(=O)c2ccc3c(c2)CCN3C(=O)C2CC2)cc1. The van der Waals surface area contributed by atoms with Crippen LogP contribution in [0.25, 0.3) is 0 Å². The van der Waals surface area contributed by atoms with Crippen molar-refractivity contribution in [1.29, 1.82) is 0 Å². The largest absolute Gasteiger partial charge is 0.497 e. The van der Waals surface area contributed by atoms with E-state index in [9.17, 15) is 18.0 Å². The molecule has 1 heterocycles. The summed E-state index contributed by atoms with van der Waals surface area (Å²) in [5.41, 5.74) is 2.25. The van der Waals surface area contributed by atoms with Gasteiger partial charge in [-0.2, -0.15) is 0 Å². The number of sulfone groups is 1. The number of benzene rings is 2. The van der Waals surface area contributed by atoms with E-state index in [1.54, 1.807) is 61.4 Å². The van der Waals surface area contributed by atoms with Gasteiger partial charge in [-0.3, -0.25) is 9.59 Å². The monoisotopic (exact) mass is 442 g/mol. The minimum Gasteiger partial charge on any atom is -0.497 e.